The third kappa shape index (κ3) is 3.82. The number of nitrogens with one attached hydrogen (secondary N) is 1. The van der Waals surface area contributed by atoms with Crippen molar-refractivity contribution in [3.8, 4) is 0 Å². The molecular weight excluding hydrogens is 230 g/mol. The zero-order chi connectivity index (χ0) is 13.9. The summed E-state index contributed by atoms with van der Waals surface area (Å²) < 4.78 is 0. The second-order valence-electron chi connectivity index (χ2n) is 6.84. The van der Waals surface area contributed by atoms with E-state index in [-0.39, 0.29) is 0 Å². The zero-order valence-corrected chi connectivity index (χ0v) is 13.1. The molecule has 1 fully saturated rings. The normalized spacial score (nSPS) is 18.2. The topological polar surface area (TPSA) is 12.0 Å². The van der Waals surface area contributed by atoms with Crippen LogP contribution >= 0.6 is 0 Å². The minimum absolute atomic E-state index is 0.506. The van der Waals surface area contributed by atoms with Crippen molar-refractivity contribution in [2.45, 2.75) is 65.8 Å². The maximum absolute atomic E-state index is 3.67. The van der Waals surface area contributed by atoms with Crippen LogP contribution in [0.25, 0.3) is 0 Å². The molecule has 0 bridgehead atoms. The molecule has 0 saturated heterocycles. The van der Waals surface area contributed by atoms with Gasteiger partial charge in [0.2, 0.25) is 0 Å². The van der Waals surface area contributed by atoms with E-state index in [0.29, 0.717) is 11.5 Å². The van der Waals surface area contributed by atoms with Gasteiger partial charge in [0.05, 0.1) is 0 Å². The van der Waals surface area contributed by atoms with Gasteiger partial charge in [-0.2, -0.15) is 0 Å². The first-order valence-corrected chi connectivity index (χ1v) is 7.80. The van der Waals surface area contributed by atoms with Crippen molar-refractivity contribution in [2.24, 2.45) is 5.41 Å². The quantitative estimate of drug-likeness (QED) is 0.826. The van der Waals surface area contributed by atoms with Crippen molar-refractivity contribution in [1.82, 2.24) is 5.32 Å². The van der Waals surface area contributed by atoms with Crippen LogP contribution < -0.4 is 5.32 Å². The molecule has 2 rings (SSSR count). The largest absolute Gasteiger partial charge is 0.314 e. The van der Waals surface area contributed by atoms with Gasteiger partial charge in [0.25, 0.3) is 0 Å². The molecule has 0 aliphatic heterocycles. The summed E-state index contributed by atoms with van der Waals surface area (Å²) in [5.74, 6) is 0. The summed E-state index contributed by atoms with van der Waals surface area (Å²) in [6, 6.07) is 7.60. The zero-order valence-electron chi connectivity index (χ0n) is 13.1. The summed E-state index contributed by atoms with van der Waals surface area (Å²) in [5.41, 5.74) is 4.87. The van der Waals surface area contributed by atoms with Crippen LogP contribution in [-0.2, 0) is 6.42 Å². The molecule has 1 aliphatic rings. The summed E-state index contributed by atoms with van der Waals surface area (Å²) in [7, 11) is 0. The second-order valence-corrected chi connectivity index (χ2v) is 6.84. The highest BCUT2D eigenvalue weighted by Crippen LogP contribution is 2.40. The number of benzene rings is 1. The molecule has 0 atom stereocenters. The Morgan fingerprint density at radius 3 is 2.37 bits per heavy atom. The van der Waals surface area contributed by atoms with E-state index >= 15 is 0 Å². The first kappa shape index (κ1) is 14.6. The van der Waals surface area contributed by atoms with Crippen LogP contribution in [0.5, 0.6) is 0 Å². The summed E-state index contributed by atoms with van der Waals surface area (Å²) in [5, 5.41) is 3.67. The number of aryl methyl sites for hydroxylation is 2. The van der Waals surface area contributed by atoms with Crippen molar-refractivity contribution in [2.75, 3.05) is 6.54 Å². The SMILES string of the molecule is Cc1ccc(CC2(CNC(C)C)CCCC2)cc1C. The van der Waals surface area contributed by atoms with E-state index in [2.05, 4.69) is 51.2 Å². The molecule has 1 saturated carbocycles. The fourth-order valence-corrected chi connectivity index (χ4v) is 3.31. The standard InChI is InChI=1S/C18H29N/c1-14(2)19-13-18(9-5-6-10-18)12-17-8-7-15(3)16(4)11-17/h7-8,11,14,19H,5-6,9-10,12-13H2,1-4H3. The maximum atomic E-state index is 3.67. The van der Waals surface area contributed by atoms with Crippen molar-refractivity contribution >= 4 is 0 Å². The Morgan fingerprint density at radius 1 is 1.11 bits per heavy atom. The highest BCUT2D eigenvalue weighted by molar-refractivity contribution is 5.30. The van der Waals surface area contributed by atoms with E-state index in [9.17, 15) is 0 Å². The summed E-state index contributed by atoms with van der Waals surface area (Å²) in [6.07, 6.45) is 6.84. The minimum atomic E-state index is 0.506. The third-order valence-electron chi connectivity index (χ3n) is 4.70. The predicted molar refractivity (Wildman–Crippen MR) is 83.7 cm³/mol. The molecule has 1 heteroatoms. The molecular formula is C18H29N. The van der Waals surface area contributed by atoms with Crippen molar-refractivity contribution < 1.29 is 0 Å². The molecule has 1 aromatic carbocycles. The first-order chi connectivity index (χ1) is 9.01. The fraction of sp³-hybridized carbons (Fsp3) is 0.667. The number of rotatable bonds is 5. The first-order valence-electron chi connectivity index (χ1n) is 7.80. The Labute approximate surface area is 118 Å². The lowest BCUT2D eigenvalue weighted by Crippen LogP contribution is -2.37. The Balaban J connectivity index is 2.09. The van der Waals surface area contributed by atoms with Crippen LogP contribution in [0.2, 0.25) is 0 Å². The van der Waals surface area contributed by atoms with Gasteiger partial charge in [-0.25, -0.2) is 0 Å². The Morgan fingerprint density at radius 2 is 1.79 bits per heavy atom. The number of hydrogen-bond acceptors (Lipinski definition) is 1. The van der Waals surface area contributed by atoms with Crippen molar-refractivity contribution in [3.63, 3.8) is 0 Å². The molecule has 0 heterocycles. The maximum Gasteiger partial charge on any atom is 0.00134 e. The predicted octanol–water partition coefficient (Wildman–Crippen LogP) is 4.40. The molecule has 0 amide bonds. The lowest BCUT2D eigenvalue weighted by atomic mass is 9.79. The van der Waals surface area contributed by atoms with Crippen molar-refractivity contribution in [3.05, 3.63) is 34.9 Å². The fourth-order valence-electron chi connectivity index (χ4n) is 3.31. The monoisotopic (exact) mass is 259 g/mol. The molecule has 106 valence electrons. The Hall–Kier alpha value is -0.820. The second kappa shape index (κ2) is 6.09. The Kier molecular flexibility index (Phi) is 4.67. The van der Waals surface area contributed by atoms with E-state index in [4.69, 9.17) is 0 Å². The molecule has 0 unspecified atom stereocenters. The van der Waals surface area contributed by atoms with E-state index in [1.807, 2.05) is 0 Å². The van der Waals surface area contributed by atoms with Crippen LogP contribution in [0, 0.1) is 19.3 Å². The number of hydrogen-bond donors (Lipinski definition) is 1. The van der Waals surface area contributed by atoms with Gasteiger partial charge in [0, 0.05) is 12.6 Å². The van der Waals surface area contributed by atoms with E-state index in [1.165, 1.54) is 55.3 Å². The van der Waals surface area contributed by atoms with Gasteiger partial charge < -0.3 is 5.32 Å². The van der Waals surface area contributed by atoms with Gasteiger partial charge in [0.15, 0.2) is 0 Å². The van der Waals surface area contributed by atoms with Gasteiger partial charge in [-0.05, 0) is 55.2 Å². The molecule has 0 spiro atoms. The average molecular weight is 259 g/mol. The summed E-state index contributed by atoms with van der Waals surface area (Å²) >= 11 is 0. The van der Waals surface area contributed by atoms with E-state index < -0.39 is 0 Å². The van der Waals surface area contributed by atoms with Gasteiger partial charge >= 0.3 is 0 Å². The van der Waals surface area contributed by atoms with Gasteiger partial charge in [0.1, 0.15) is 0 Å². The van der Waals surface area contributed by atoms with Crippen LogP contribution in [-0.4, -0.2) is 12.6 Å². The van der Waals surface area contributed by atoms with Crippen LogP contribution in [0.4, 0.5) is 0 Å². The highest BCUT2D eigenvalue weighted by Gasteiger charge is 2.33. The van der Waals surface area contributed by atoms with Crippen LogP contribution in [0.15, 0.2) is 18.2 Å². The molecule has 0 aromatic heterocycles. The molecule has 0 radical (unpaired) electrons. The lowest BCUT2D eigenvalue weighted by Gasteiger charge is -2.31. The molecule has 1 nitrogen and oxygen atoms in total. The lowest BCUT2D eigenvalue weighted by molar-refractivity contribution is 0.269. The molecule has 1 N–H and O–H groups in total. The van der Waals surface area contributed by atoms with E-state index in [0.717, 1.165) is 0 Å². The van der Waals surface area contributed by atoms with Gasteiger partial charge in [-0.3, -0.25) is 0 Å². The molecule has 19 heavy (non-hydrogen) atoms. The van der Waals surface area contributed by atoms with Crippen molar-refractivity contribution in [1.29, 1.82) is 0 Å². The Bertz CT molecular complexity index is 414. The molecule has 1 aliphatic carbocycles. The van der Waals surface area contributed by atoms with E-state index in [1.54, 1.807) is 0 Å². The summed E-state index contributed by atoms with van der Waals surface area (Å²) in [6.45, 7) is 10.1. The summed E-state index contributed by atoms with van der Waals surface area (Å²) in [4.78, 5) is 0. The third-order valence-corrected chi connectivity index (χ3v) is 4.70. The molecule has 1 aromatic rings. The minimum Gasteiger partial charge on any atom is -0.314 e. The average Bonchev–Trinajstić information content (AvgIpc) is 2.81. The van der Waals surface area contributed by atoms with Crippen LogP contribution in [0.1, 0.15) is 56.2 Å². The smallest absolute Gasteiger partial charge is 0.00134 e. The highest BCUT2D eigenvalue weighted by atomic mass is 14.9. The van der Waals surface area contributed by atoms with Crippen LogP contribution in [0.3, 0.4) is 0 Å². The van der Waals surface area contributed by atoms with Gasteiger partial charge in [-0.1, -0.05) is 44.9 Å². The van der Waals surface area contributed by atoms with Gasteiger partial charge in [-0.15, -0.1) is 0 Å².